The molecular weight excluding hydrogens is 289 g/mol. The third kappa shape index (κ3) is 2.34. The molecule has 0 amide bonds. The van der Waals surface area contributed by atoms with Crippen LogP contribution in [0.3, 0.4) is 0 Å². The van der Waals surface area contributed by atoms with Crippen molar-refractivity contribution in [3.8, 4) is 0 Å². The van der Waals surface area contributed by atoms with Gasteiger partial charge in [0, 0.05) is 7.05 Å². The number of anilines is 1. The van der Waals surface area contributed by atoms with E-state index in [0.29, 0.717) is 5.69 Å². The van der Waals surface area contributed by atoms with Crippen molar-refractivity contribution in [2.75, 3.05) is 11.4 Å². The molecule has 0 aliphatic carbocycles. The third-order valence-corrected chi connectivity index (χ3v) is 4.08. The first-order valence-corrected chi connectivity index (χ1v) is 7.23. The molecule has 0 saturated carbocycles. The molecule has 0 heterocycles. The average molecular weight is 297 g/mol. The minimum atomic E-state index is -3.15. The van der Waals surface area contributed by atoms with Crippen molar-refractivity contribution in [1.82, 2.24) is 0 Å². The van der Waals surface area contributed by atoms with E-state index in [9.17, 15) is 8.42 Å². The van der Waals surface area contributed by atoms with Crippen LogP contribution in [0.4, 0.5) is 5.69 Å². The van der Waals surface area contributed by atoms with E-state index in [-0.39, 0.29) is 0 Å². The van der Waals surface area contributed by atoms with Gasteiger partial charge in [0.15, 0.2) is 0 Å². The van der Waals surface area contributed by atoms with Gasteiger partial charge < -0.3 is 0 Å². The summed E-state index contributed by atoms with van der Waals surface area (Å²) >= 11 is 1.40. The Morgan fingerprint density at radius 3 is 2.17 bits per heavy atom. The lowest BCUT2D eigenvalue weighted by Crippen LogP contribution is -2.20. The van der Waals surface area contributed by atoms with Crippen LogP contribution in [-0.4, -0.2) is 15.5 Å². The van der Waals surface area contributed by atoms with Crippen molar-refractivity contribution in [3.63, 3.8) is 0 Å². The lowest BCUT2D eigenvalue weighted by atomic mass is 10.3. The molecule has 0 aliphatic rings. The molecule has 0 spiro atoms. The summed E-state index contributed by atoms with van der Waals surface area (Å²) in [6, 6.07) is 8.94. The Bertz CT molecular complexity index is 349. The predicted octanol–water partition coefficient (Wildman–Crippen LogP) is 1.80. The van der Waals surface area contributed by atoms with Crippen LogP contribution in [0.1, 0.15) is 0 Å². The minimum Gasteiger partial charge on any atom is -0.265 e. The van der Waals surface area contributed by atoms with Crippen LogP contribution in [0.25, 0.3) is 0 Å². The van der Waals surface area contributed by atoms with Crippen molar-refractivity contribution in [3.05, 3.63) is 30.3 Å². The maximum absolute atomic E-state index is 11.0. The van der Waals surface area contributed by atoms with E-state index in [1.807, 2.05) is 6.07 Å². The van der Waals surface area contributed by atoms with Crippen molar-refractivity contribution in [2.45, 2.75) is 0 Å². The van der Waals surface area contributed by atoms with E-state index in [1.165, 1.54) is 32.6 Å². The molecule has 0 N–H and O–H groups in total. The van der Waals surface area contributed by atoms with Gasteiger partial charge in [-0.2, -0.15) is 8.42 Å². The van der Waals surface area contributed by atoms with Crippen LogP contribution in [0.15, 0.2) is 30.3 Å². The molecule has 1 aromatic carbocycles. The molecule has 0 saturated heterocycles. The Kier molecular flexibility index (Phi) is 2.94. The van der Waals surface area contributed by atoms with Gasteiger partial charge in [-0.05, 0) is 12.1 Å². The van der Waals surface area contributed by atoms with Crippen molar-refractivity contribution >= 4 is 34.1 Å². The largest absolute Gasteiger partial charge is 0.288 e. The van der Waals surface area contributed by atoms with E-state index < -0.39 is 7.19 Å². The number of hydrogen-bond donors (Lipinski definition) is 0. The highest BCUT2D eigenvalue weighted by molar-refractivity contribution is 14.2. The zero-order valence-electron chi connectivity index (χ0n) is 6.44. The molecule has 0 aromatic heterocycles. The number of hydrogen-bond acceptors (Lipinski definition) is 2. The third-order valence-electron chi connectivity index (χ3n) is 1.45. The van der Waals surface area contributed by atoms with Gasteiger partial charge in [0.05, 0.1) is 26.9 Å². The normalized spacial score (nSPS) is 11.2. The first-order chi connectivity index (χ1) is 5.52. The Morgan fingerprint density at radius 2 is 1.75 bits per heavy atom. The molecule has 5 heteroatoms. The van der Waals surface area contributed by atoms with Gasteiger partial charge in [-0.25, -0.2) is 0 Å². The maximum Gasteiger partial charge on any atom is 0.288 e. The number of halogens is 1. The second-order valence-corrected chi connectivity index (χ2v) is 6.96. The lowest BCUT2D eigenvalue weighted by molar-refractivity contribution is 0.611. The minimum absolute atomic E-state index is 0.673. The molecule has 1 aromatic rings. The van der Waals surface area contributed by atoms with Gasteiger partial charge in [-0.3, -0.25) is 4.31 Å². The van der Waals surface area contributed by atoms with Crippen LogP contribution in [0, 0.1) is 0 Å². The fourth-order valence-electron chi connectivity index (χ4n) is 0.764. The summed E-state index contributed by atoms with van der Waals surface area (Å²) in [5.41, 5.74) is 0.673. The highest BCUT2D eigenvalue weighted by atomic mass is 127. The summed E-state index contributed by atoms with van der Waals surface area (Å²) in [4.78, 5) is 0. The molecule has 3 nitrogen and oxygen atoms in total. The fourth-order valence-corrected chi connectivity index (χ4v) is 1.82. The van der Waals surface area contributed by atoms with Gasteiger partial charge in [0.2, 0.25) is 0 Å². The molecule has 0 fully saturated rings. The second kappa shape index (κ2) is 3.61. The first kappa shape index (κ1) is 9.79. The molecule has 0 aliphatic heterocycles. The zero-order valence-corrected chi connectivity index (χ0v) is 9.41. The topological polar surface area (TPSA) is 37.4 Å². The van der Waals surface area contributed by atoms with E-state index >= 15 is 0 Å². The summed E-state index contributed by atoms with van der Waals surface area (Å²) in [7, 11) is -1.63. The molecular formula is C7H8INO2S. The number of rotatable bonds is 2. The summed E-state index contributed by atoms with van der Waals surface area (Å²) in [6.07, 6.45) is 0. The summed E-state index contributed by atoms with van der Waals surface area (Å²) in [5, 5.41) is 0. The number of benzene rings is 1. The van der Waals surface area contributed by atoms with Gasteiger partial charge in [-0.1, -0.05) is 18.2 Å². The SMILES string of the molecule is CN(c1ccccc1)S(=O)(=O)I. The Labute approximate surface area is 84.0 Å². The predicted molar refractivity (Wildman–Crippen MR) is 57.8 cm³/mol. The molecule has 12 heavy (non-hydrogen) atoms. The number of para-hydroxylation sites is 1. The summed E-state index contributed by atoms with van der Waals surface area (Å²) < 4.78 is 23.3. The maximum atomic E-state index is 11.0. The van der Waals surface area contributed by atoms with Crippen molar-refractivity contribution < 1.29 is 8.42 Å². The molecule has 66 valence electrons. The average Bonchev–Trinajstić information content (AvgIpc) is 2.03. The summed E-state index contributed by atoms with van der Waals surface area (Å²) in [5.74, 6) is 0. The highest BCUT2D eigenvalue weighted by Crippen LogP contribution is 2.18. The lowest BCUT2D eigenvalue weighted by Gasteiger charge is -2.14. The van der Waals surface area contributed by atoms with Gasteiger partial charge in [0.1, 0.15) is 0 Å². The van der Waals surface area contributed by atoms with Crippen LogP contribution in [0.5, 0.6) is 0 Å². The molecule has 0 unspecified atom stereocenters. The standard InChI is InChI=1S/C7H8INO2S/c1-9(12(8,10)11)7-5-3-2-4-6-7/h2-6H,1H3. The fraction of sp³-hybridized carbons (Fsp3) is 0.143. The number of nitrogens with zero attached hydrogens (tertiary/aromatic N) is 1. The summed E-state index contributed by atoms with van der Waals surface area (Å²) in [6.45, 7) is 0. The Hall–Kier alpha value is -0.300. The highest BCUT2D eigenvalue weighted by Gasteiger charge is 2.12. The van der Waals surface area contributed by atoms with Crippen molar-refractivity contribution in [2.24, 2.45) is 0 Å². The van der Waals surface area contributed by atoms with Crippen LogP contribution < -0.4 is 4.31 Å². The smallest absolute Gasteiger partial charge is 0.265 e. The van der Waals surface area contributed by atoms with Gasteiger partial charge >= 0.3 is 0 Å². The first-order valence-electron chi connectivity index (χ1n) is 3.25. The van der Waals surface area contributed by atoms with E-state index in [1.54, 1.807) is 24.3 Å². The van der Waals surface area contributed by atoms with E-state index in [0.717, 1.165) is 0 Å². The molecule has 0 bridgehead atoms. The van der Waals surface area contributed by atoms with Gasteiger partial charge in [0.25, 0.3) is 7.19 Å². The quantitative estimate of drug-likeness (QED) is 0.616. The second-order valence-electron chi connectivity index (χ2n) is 2.25. The molecule has 0 atom stereocenters. The van der Waals surface area contributed by atoms with Crippen molar-refractivity contribution in [1.29, 1.82) is 0 Å². The Balaban J connectivity index is 3.02. The van der Waals surface area contributed by atoms with E-state index in [4.69, 9.17) is 0 Å². The van der Waals surface area contributed by atoms with Crippen LogP contribution in [0.2, 0.25) is 0 Å². The molecule has 0 radical (unpaired) electrons. The Morgan fingerprint density at radius 1 is 1.25 bits per heavy atom. The monoisotopic (exact) mass is 297 g/mol. The zero-order chi connectivity index (χ0) is 9.19. The van der Waals surface area contributed by atoms with E-state index in [2.05, 4.69) is 0 Å². The van der Waals surface area contributed by atoms with Crippen LogP contribution in [-0.2, 0) is 7.19 Å². The van der Waals surface area contributed by atoms with Gasteiger partial charge in [-0.15, -0.1) is 0 Å². The van der Waals surface area contributed by atoms with Crippen LogP contribution >= 0.6 is 21.2 Å². The molecule has 1 rings (SSSR count).